The van der Waals surface area contributed by atoms with Crippen molar-refractivity contribution < 1.29 is 0 Å². The summed E-state index contributed by atoms with van der Waals surface area (Å²) in [7, 11) is 0. The van der Waals surface area contributed by atoms with Gasteiger partial charge in [-0.15, -0.1) is 11.3 Å². The van der Waals surface area contributed by atoms with Gasteiger partial charge in [-0.2, -0.15) is 0 Å². The lowest BCUT2D eigenvalue weighted by molar-refractivity contribution is 0.558. The van der Waals surface area contributed by atoms with E-state index in [0.717, 1.165) is 30.2 Å². The van der Waals surface area contributed by atoms with Crippen LogP contribution >= 0.6 is 11.3 Å². The van der Waals surface area contributed by atoms with Gasteiger partial charge in [-0.25, -0.2) is 4.98 Å². The fourth-order valence-electron chi connectivity index (χ4n) is 1.78. The third-order valence-electron chi connectivity index (χ3n) is 2.61. The van der Waals surface area contributed by atoms with E-state index in [1.54, 1.807) is 11.3 Å². The summed E-state index contributed by atoms with van der Waals surface area (Å²) in [5.41, 5.74) is 6.76. The zero-order valence-corrected chi connectivity index (χ0v) is 10.7. The number of anilines is 1. The molecule has 0 aliphatic carbocycles. The van der Waals surface area contributed by atoms with Gasteiger partial charge >= 0.3 is 0 Å². The van der Waals surface area contributed by atoms with E-state index in [0.29, 0.717) is 12.6 Å². The first-order valence-corrected chi connectivity index (χ1v) is 6.49. The van der Waals surface area contributed by atoms with E-state index >= 15 is 0 Å². The van der Waals surface area contributed by atoms with Crippen LogP contribution in [0.25, 0.3) is 0 Å². The van der Waals surface area contributed by atoms with Crippen LogP contribution in [0.15, 0.2) is 5.38 Å². The fourth-order valence-corrected chi connectivity index (χ4v) is 2.68. The molecule has 1 rings (SSSR count). The molecule has 0 atom stereocenters. The lowest BCUT2D eigenvalue weighted by Crippen LogP contribution is -2.38. The highest BCUT2D eigenvalue weighted by molar-refractivity contribution is 7.13. The second-order valence-corrected chi connectivity index (χ2v) is 4.56. The molecule has 0 saturated carbocycles. The Morgan fingerprint density at radius 2 is 2.13 bits per heavy atom. The largest absolute Gasteiger partial charge is 0.344 e. The Morgan fingerprint density at radius 1 is 1.47 bits per heavy atom. The summed E-state index contributed by atoms with van der Waals surface area (Å²) in [6, 6.07) is 0.569. The maximum absolute atomic E-state index is 5.66. The number of aryl methyl sites for hydroxylation is 1. The van der Waals surface area contributed by atoms with Crippen molar-refractivity contribution in [2.45, 2.75) is 39.7 Å². The number of aromatic nitrogens is 1. The monoisotopic (exact) mass is 227 g/mol. The molecule has 3 nitrogen and oxygen atoms in total. The van der Waals surface area contributed by atoms with E-state index in [-0.39, 0.29) is 0 Å². The number of thiazole rings is 1. The normalized spacial score (nSPS) is 11.0. The van der Waals surface area contributed by atoms with Crippen molar-refractivity contribution >= 4 is 16.5 Å². The van der Waals surface area contributed by atoms with E-state index in [9.17, 15) is 0 Å². The van der Waals surface area contributed by atoms with Gasteiger partial charge in [0.15, 0.2) is 5.13 Å². The average molecular weight is 227 g/mol. The molecule has 0 spiro atoms. The van der Waals surface area contributed by atoms with Crippen molar-refractivity contribution in [2.75, 3.05) is 18.0 Å². The molecule has 0 aliphatic rings. The summed E-state index contributed by atoms with van der Waals surface area (Å²) in [6.45, 7) is 8.07. The summed E-state index contributed by atoms with van der Waals surface area (Å²) in [5.74, 6) is 0. The van der Waals surface area contributed by atoms with Crippen molar-refractivity contribution in [3.63, 3.8) is 0 Å². The van der Waals surface area contributed by atoms with Gasteiger partial charge in [-0.1, -0.05) is 13.8 Å². The Kier molecular flexibility index (Phi) is 5.05. The van der Waals surface area contributed by atoms with Gasteiger partial charge in [0.1, 0.15) is 0 Å². The van der Waals surface area contributed by atoms with Crippen molar-refractivity contribution in [3.05, 3.63) is 11.1 Å². The summed E-state index contributed by atoms with van der Waals surface area (Å²) < 4.78 is 0. The van der Waals surface area contributed by atoms with Gasteiger partial charge in [0.05, 0.1) is 5.69 Å². The SMILES string of the molecule is CCC(CC)N(CCN)c1nc(C)cs1. The van der Waals surface area contributed by atoms with Crippen LogP contribution in [0.5, 0.6) is 0 Å². The smallest absolute Gasteiger partial charge is 0.185 e. The molecule has 0 bridgehead atoms. The molecule has 2 N–H and O–H groups in total. The van der Waals surface area contributed by atoms with Crippen LogP contribution in [0.3, 0.4) is 0 Å². The average Bonchev–Trinajstić information content (AvgIpc) is 2.65. The van der Waals surface area contributed by atoms with Crippen LogP contribution in [0.1, 0.15) is 32.4 Å². The standard InChI is InChI=1S/C11H21N3S/c1-4-10(5-2)14(7-6-12)11-13-9(3)8-15-11/h8,10H,4-7,12H2,1-3H3. The number of nitrogens with zero attached hydrogens (tertiary/aromatic N) is 2. The molecule has 0 fully saturated rings. The molecule has 1 aromatic rings. The second kappa shape index (κ2) is 6.08. The molecule has 0 aliphatic heterocycles. The van der Waals surface area contributed by atoms with Crippen LogP contribution in [0, 0.1) is 6.92 Å². The Bertz CT molecular complexity index is 281. The first-order valence-electron chi connectivity index (χ1n) is 5.61. The quantitative estimate of drug-likeness (QED) is 0.811. The maximum atomic E-state index is 5.66. The lowest BCUT2D eigenvalue weighted by Gasteiger charge is -2.29. The van der Waals surface area contributed by atoms with Crippen molar-refractivity contribution in [3.8, 4) is 0 Å². The molecular formula is C11H21N3S. The highest BCUT2D eigenvalue weighted by Crippen LogP contribution is 2.24. The summed E-state index contributed by atoms with van der Waals surface area (Å²) in [6.07, 6.45) is 2.30. The second-order valence-electron chi connectivity index (χ2n) is 3.72. The van der Waals surface area contributed by atoms with E-state index in [1.807, 2.05) is 6.92 Å². The summed E-state index contributed by atoms with van der Waals surface area (Å²) in [4.78, 5) is 6.88. The Balaban J connectivity index is 2.81. The van der Waals surface area contributed by atoms with Crippen LogP contribution in [0.2, 0.25) is 0 Å². The van der Waals surface area contributed by atoms with Gasteiger partial charge in [-0.05, 0) is 19.8 Å². The van der Waals surface area contributed by atoms with Crippen molar-refractivity contribution in [1.82, 2.24) is 4.98 Å². The Morgan fingerprint density at radius 3 is 2.53 bits per heavy atom. The minimum Gasteiger partial charge on any atom is -0.344 e. The Labute approximate surface area is 96.3 Å². The first kappa shape index (κ1) is 12.5. The van der Waals surface area contributed by atoms with E-state index in [4.69, 9.17) is 5.73 Å². The van der Waals surface area contributed by atoms with Crippen LogP contribution < -0.4 is 10.6 Å². The minimum atomic E-state index is 0.569. The number of rotatable bonds is 6. The summed E-state index contributed by atoms with van der Waals surface area (Å²) >= 11 is 1.72. The number of hydrogen-bond donors (Lipinski definition) is 1. The van der Waals surface area contributed by atoms with Crippen LogP contribution in [0.4, 0.5) is 5.13 Å². The summed E-state index contributed by atoms with van der Waals surface area (Å²) in [5, 5.41) is 3.22. The van der Waals surface area contributed by atoms with Crippen LogP contribution in [-0.2, 0) is 0 Å². The molecule has 1 aromatic heterocycles. The molecule has 0 aromatic carbocycles. The topological polar surface area (TPSA) is 42.1 Å². The molecule has 15 heavy (non-hydrogen) atoms. The van der Waals surface area contributed by atoms with E-state index < -0.39 is 0 Å². The van der Waals surface area contributed by atoms with Crippen LogP contribution in [-0.4, -0.2) is 24.1 Å². The molecule has 1 heterocycles. The molecule has 86 valence electrons. The van der Waals surface area contributed by atoms with Gasteiger partial charge in [0.25, 0.3) is 0 Å². The zero-order chi connectivity index (χ0) is 11.3. The Hall–Kier alpha value is -0.610. The van der Waals surface area contributed by atoms with Gasteiger partial charge in [0.2, 0.25) is 0 Å². The predicted octanol–water partition coefficient (Wildman–Crippen LogP) is 2.41. The van der Waals surface area contributed by atoms with Gasteiger partial charge in [-0.3, -0.25) is 0 Å². The minimum absolute atomic E-state index is 0.569. The predicted molar refractivity (Wildman–Crippen MR) is 67.6 cm³/mol. The van der Waals surface area contributed by atoms with Crippen molar-refractivity contribution in [2.24, 2.45) is 5.73 Å². The maximum Gasteiger partial charge on any atom is 0.185 e. The lowest BCUT2D eigenvalue weighted by atomic mass is 10.1. The third-order valence-corrected chi connectivity index (χ3v) is 3.60. The molecular weight excluding hydrogens is 206 g/mol. The molecule has 4 heteroatoms. The molecule has 0 amide bonds. The van der Waals surface area contributed by atoms with E-state index in [1.165, 1.54) is 0 Å². The van der Waals surface area contributed by atoms with E-state index in [2.05, 4.69) is 29.1 Å². The van der Waals surface area contributed by atoms with Gasteiger partial charge < -0.3 is 10.6 Å². The number of hydrogen-bond acceptors (Lipinski definition) is 4. The first-order chi connectivity index (χ1) is 7.22. The highest BCUT2D eigenvalue weighted by Gasteiger charge is 2.17. The highest BCUT2D eigenvalue weighted by atomic mass is 32.1. The van der Waals surface area contributed by atoms with Crippen molar-refractivity contribution in [1.29, 1.82) is 0 Å². The fraction of sp³-hybridized carbons (Fsp3) is 0.727. The molecule has 0 unspecified atom stereocenters. The molecule has 0 saturated heterocycles. The van der Waals surface area contributed by atoms with Gasteiger partial charge in [0, 0.05) is 24.5 Å². The number of nitrogens with two attached hydrogens (primary N) is 1. The third kappa shape index (κ3) is 3.18. The molecule has 0 radical (unpaired) electrons. The zero-order valence-electron chi connectivity index (χ0n) is 9.86.